The molecule has 6 heteroatoms. The van der Waals surface area contributed by atoms with E-state index in [1.807, 2.05) is 6.07 Å². The van der Waals surface area contributed by atoms with Crippen LogP contribution in [-0.2, 0) is 10.8 Å². The molecule has 0 spiro atoms. The summed E-state index contributed by atoms with van der Waals surface area (Å²) in [5, 5.41) is 14.6. The molecule has 0 bridgehead atoms. The van der Waals surface area contributed by atoms with Crippen LogP contribution in [0.25, 0.3) is 22.3 Å². The minimum Gasteiger partial charge on any atom is -0.356 e. The molecule has 0 aliphatic heterocycles. The second kappa shape index (κ2) is 34.7. The Kier molecular flexibility index (Phi) is 23.0. The van der Waals surface area contributed by atoms with Crippen LogP contribution in [-0.4, -0.2) is 24.6 Å². The Morgan fingerprint density at radius 1 is 0.205 bits per heavy atom. The molecule has 0 aromatic heterocycles. The average Bonchev–Trinajstić information content (AvgIpc) is 1.57. The lowest BCUT2D eigenvalue weighted by Crippen LogP contribution is -2.74. The van der Waals surface area contributed by atoms with Crippen LogP contribution in [0.2, 0.25) is 0 Å². The lowest BCUT2D eigenvalue weighted by molar-refractivity contribution is 0.768. The molecular formula is C111H87BBrN2Si2. The summed E-state index contributed by atoms with van der Waals surface area (Å²) in [6.07, 6.45) is 0. The van der Waals surface area contributed by atoms with Crippen LogP contribution in [0.1, 0.15) is 51.9 Å². The number of nitrogens with zero attached hydrogens (tertiary/aromatic N) is 1. The molecule has 0 saturated carbocycles. The number of fused-ring (bicyclic) bond motifs is 6. The van der Waals surface area contributed by atoms with Crippen LogP contribution < -0.4 is 51.7 Å². The molecule has 0 amide bonds. The van der Waals surface area contributed by atoms with E-state index in [9.17, 15) is 0 Å². The van der Waals surface area contributed by atoms with Gasteiger partial charge in [-0.05, 0) is 181 Å². The molecule has 559 valence electrons. The zero-order valence-corrected chi connectivity index (χ0v) is 67.8. The number of anilines is 5. The lowest BCUT2D eigenvalue weighted by atomic mass is 9.67. The normalized spacial score (nSPS) is 12.3. The van der Waals surface area contributed by atoms with Gasteiger partial charge in [-0.25, -0.2) is 0 Å². The van der Waals surface area contributed by atoms with Crippen molar-refractivity contribution in [2.75, 3.05) is 10.2 Å². The maximum Gasteiger partial charge on any atom is 0.179 e. The van der Waals surface area contributed by atoms with Gasteiger partial charge in [-0.3, -0.25) is 0 Å². The van der Waals surface area contributed by atoms with Crippen molar-refractivity contribution in [3.8, 4) is 22.3 Å². The molecule has 20 rings (SSSR count). The van der Waals surface area contributed by atoms with Gasteiger partial charge in [-0.2, -0.15) is 0 Å². The topological polar surface area (TPSA) is 15.3 Å². The third-order valence-electron chi connectivity index (χ3n) is 23.3. The molecule has 0 fully saturated rings. The van der Waals surface area contributed by atoms with Crippen molar-refractivity contribution in [1.82, 2.24) is 0 Å². The maximum absolute atomic E-state index is 3.60. The Morgan fingerprint density at radius 2 is 0.453 bits per heavy atom. The standard InChI is InChI=1S/C55H41NSi.C31H23N.C24H19BrSi.CH4.B/c1-7-21-42(22-8-1)55(43-23-9-2-10-24-43)53-34-20-19-33-51(53)52-40-37-46(41-54(52)55)56(44-25-11-3-12-26-44)45-35-38-50(39-36-45)57(47-27-13-4-14-28-47,48-29-15-5-16-30-48)49-31-17-6-18-32-49;1-4-12-23(13-5-1)31(24-14-6-2-7-15-24)29-19-11-10-18-27(29)28-21-20-26(22-30(28)31)32-25-16-8-3-9-17-25;25-20-16-18-24(19-17-20)26(21-10-4-1-5-11-21,22-12-6-2-7-13-22)23-14-8-3-9-15-23;;/h1-41H;1-22,32H;1-19H;1H4;. The van der Waals surface area contributed by atoms with E-state index in [1.165, 1.54) is 108 Å². The van der Waals surface area contributed by atoms with Gasteiger partial charge < -0.3 is 10.2 Å². The molecule has 3 radical (unpaired) electrons. The van der Waals surface area contributed by atoms with Gasteiger partial charge in [0.05, 0.1) is 10.8 Å². The van der Waals surface area contributed by atoms with Gasteiger partial charge in [-0.15, -0.1) is 0 Å². The van der Waals surface area contributed by atoms with E-state index in [0.717, 1.165) is 32.9 Å². The van der Waals surface area contributed by atoms with E-state index in [1.54, 1.807) is 0 Å². The number of nitrogens with one attached hydrogen (secondary N) is 1. The first-order chi connectivity index (χ1) is 57.0. The zero-order chi connectivity index (χ0) is 77.3. The van der Waals surface area contributed by atoms with Gasteiger partial charge in [0.1, 0.15) is 0 Å². The number of hydrogen-bond donors (Lipinski definition) is 1. The van der Waals surface area contributed by atoms with Crippen molar-refractivity contribution < 1.29 is 0 Å². The van der Waals surface area contributed by atoms with Crippen molar-refractivity contribution in [2.24, 2.45) is 0 Å². The molecule has 0 heterocycles. The first-order valence-electron chi connectivity index (χ1n) is 39.6. The first-order valence-corrected chi connectivity index (χ1v) is 44.4. The predicted octanol–water partition coefficient (Wildman–Crippen LogP) is 22.8. The summed E-state index contributed by atoms with van der Waals surface area (Å²) < 4.78 is 1.11. The fraction of sp³-hybridized carbons (Fsp3) is 0.0270. The highest BCUT2D eigenvalue weighted by atomic mass is 79.9. The van der Waals surface area contributed by atoms with E-state index >= 15 is 0 Å². The minimum absolute atomic E-state index is 0. The Balaban J connectivity index is 0.000000144. The summed E-state index contributed by atoms with van der Waals surface area (Å²) in [6.45, 7) is 0. The quantitative estimate of drug-likeness (QED) is 0.0722. The molecule has 2 nitrogen and oxygen atoms in total. The highest BCUT2D eigenvalue weighted by Gasteiger charge is 2.49. The third kappa shape index (κ3) is 14.2. The van der Waals surface area contributed by atoms with Gasteiger partial charge >= 0.3 is 0 Å². The Hall–Kier alpha value is -13.5. The number of hydrogen-bond acceptors (Lipinski definition) is 2. The van der Waals surface area contributed by atoms with Crippen LogP contribution in [0.5, 0.6) is 0 Å². The van der Waals surface area contributed by atoms with Crippen molar-refractivity contribution >= 4 is 110 Å². The molecule has 117 heavy (non-hydrogen) atoms. The minimum atomic E-state index is -2.68. The molecule has 1 N–H and O–H groups in total. The van der Waals surface area contributed by atoms with Crippen molar-refractivity contribution in [3.63, 3.8) is 0 Å². The molecule has 0 saturated heterocycles. The van der Waals surface area contributed by atoms with Crippen LogP contribution >= 0.6 is 15.9 Å². The van der Waals surface area contributed by atoms with Gasteiger partial charge in [-0.1, -0.05) is 448 Å². The zero-order valence-electron chi connectivity index (χ0n) is 64.2. The van der Waals surface area contributed by atoms with Crippen LogP contribution in [0.3, 0.4) is 0 Å². The molecule has 18 aromatic carbocycles. The number of rotatable bonds is 17. The van der Waals surface area contributed by atoms with Crippen LogP contribution in [0, 0.1) is 0 Å². The largest absolute Gasteiger partial charge is 0.356 e. The summed E-state index contributed by atoms with van der Waals surface area (Å²) in [5.74, 6) is 0. The summed E-state index contributed by atoms with van der Waals surface area (Å²) in [7, 11) is -5.02. The fourth-order valence-electron chi connectivity index (χ4n) is 18.5. The van der Waals surface area contributed by atoms with E-state index in [4.69, 9.17) is 0 Å². The monoisotopic (exact) mass is 1590 g/mol. The second-order valence-electron chi connectivity index (χ2n) is 29.5. The highest BCUT2D eigenvalue weighted by molar-refractivity contribution is 9.10. The van der Waals surface area contributed by atoms with Gasteiger partial charge in [0, 0.05) is 41.3 Å². The molecule has 18 aromatic rings. The van der Waals surface area contributed by atoms with Crippen molar-refractivity contribution in [3.05, 3.63) is 546 Å². The summed E-state index contributed by atoms with van der Waals surface area (Å²) >= 11 is 3.60. The molecule has 0 atom stereocenters. The van der Waals surface area contributed by atoms with Gasteiger partial charge in [0.25, 0.3) is 0 Å². The summed E-state index contributed by atoms with van der Waals surface area (Å²) in [5.41, 5.74) is 20.2. The van der Waals surface area contributed by atoms with E-state index < -0.39 is 21.6 Å². The molecular weight excluding hydrogens is 1510 g/mol. The Labute approximate surface area is 702 Å². The first kappa shape index (κ1) is 77.5. The SMILES string of the molecule is Brc1ccc([Si](c2ccccc2)(c2ccccc2)c2ccccc2)cc1.C.[B].c1ccc(N(c2ccc([Si](c3ccccc3)(c3ccccc3)c3ccccc3)cc2)c2ccc3c(c2)C(c2ccccc2)(c2ccccc2)c2ccccc2-3)cc1.c1ccc(Nc2ccc3c(c2)C(c2ccccc2)(c2ccccc2)c2ccccc2-3)cc1. The Morgan fingerprint density at radius 3 is 0.803 bits per heavy atom. The second-order valence-corrected chi connectivity index (χ2v) is 38.0. The van der Waals surface area contributed by atoms with Crippen LogP contribution in [0.15, 0.2) is 502 Å². The predicted molar refractivity (Wildman–Crippen MR) is 506 cm³/mol. The Bertz CT molecular complexity index is 5990. The number of halogens is 1. The third-order valence-corrected chi connectivity index (χ3v) is 33.4. The highest BCUT2D eigenvalue weighted by Crippen LogP contribution is 2.59. The summed E-state index contributed by atoms with van der Waals surface area (Å²) in [6, 6.07) is 182. The average molecular weight is 1600 g/mol. The summed E-state index contributed by atoms with van der Waals surface area (Å²) in [4.78, 5) is 2.42. The fourth-order valence-corrected chi connectivity index (χ4v) is 28.2. The van der Waals surface area contributed by atoms with Gasteiger partial charge in [0.2, 0.25) is 0 Å². The smallest absolute Gasteiger partial charge is 0.179 e. The maximum atomic E-state index is 3.60. The van der Waals surface area contributed by atoms with E-state index in [0.29, 0.717) is 0 Å². The molecule has 2 aliphatic rings. The number of para-hydroxylation sites is 2. The van der Waals surface area contributed by atoms with Crippen molar-refractivity contribution in [2.45, 2.75) is 18.3 Å². The van der Waals surface area contributed by atoms with E-state index in [-0.39, 0.29) is 21.3 Å². The molecule has 0 unspecified atom stereocenters. The lowest BCUT2D eigenvalue weighted by Gasteiger charge is -2.35. The van der Waals surface area contributed by atoms with Gasteiger partial charge in [0.15, 0.2) is 16.1 Å². The number of benzene rings is 18. The molecule has 2 aliphatic carbocycles. The van der Waals surface area contributed by atoms with Crippen LogP contribution in [0.4, 0.5) is 28.4 Å². The van der Waals surface area contributed by atoms with Crippen molar-refractivity contribution in [1.29, 1.82) is 0 Å². The van der Waals surface area contributed by atoms with E-state index in [2.05, 4.69) is 518 Å².